The van der Waals surface area contributed by atoms with Gasteiger partial charge in [-0.15, -0.1) is 0 Å². The number of aromatic nitrogens is 2. The van der Waals surface area contributed by atoms with E-state index in [-0.39, 0.29) is 5.54 Å². The van der Waals surface area contributed by atoms with Gasteiger partial charge in [-0.3, -0.25) is 0 Å². The van der Waals surface area contributed by atoms with Crippen LogP contribution in [-0.4, -0.2) is 22.8 Å². The molecule has 0 aliphatic heterocycles. The van der Waals surface area contributed by atoms with Gasteiger partial charge in [-0.1, -0.05) is 5.16 Å². The van der Waals surface area contributed by atoms with Gasteiger partial charge in [-0.05, 0) is 19.3 Å². The summed E-state index contributed by atoms with van der Waals surface area (Å²) in [6, 6.07) is 0. The lowest BCUT2D eigenvalue weighted by molar-refractivity contribution is 0.174. The fourth-order valence-corrected chi connectivity index (χ4v) is 1.66. The van der Waals surface area contributed by atoms with E-state index in [2.05, 4.69) is 10.1 Å². The van der Waals surface area contributed by atoms with Gasteiger partial charge >= 0.3 is 0 Å². The van der Waals surface area contributed by atoms with Gasteiger partial charge in [0.25, 0.3) is 0 Å². The van der Waals surface area contributed by atoms with E-state index in [9.17, 15) is 0 Å². The van der Waals surface area contributed by atoms with Crippen LogP contribution in [0, 0.1) is 0 Å². The van der Waals surface area contributed by atoms with Crippen molar-refractivity contribution in [1.82, 2.24) is 10.1 Å². The van der Waals surface area contributed by atoms with E-state index in [1.54, 1.807) is 7.11 Å². The second-order valence-electron chi connectivity index (χ2n) is 3.93. The van der Waals surface area contributed by atoms with Gasteiger partial charge in [-0.25, -0.2) is 0 Å². The fourth-order valence-electron chi connectivity index (χ4n) is 1.66. The Balaban J connectivity index is 1.95. The van der Waals surface area contributed by atoms with Gasteiger partial charge in [0, 0.05) is 19.1 Å². The second kappa shape index (κ2) is 3.67. The third-order valence-corrected chi connectivity index (χ3v) is 2.64. The minimum absolute atomic E-state index is 0.100. The third-order valence-electron chi connectivity index (χ3n) is 2.64. The zero-order valence-corrected chi connectivity index (χ0v) is 8.32. The molecule has 5 heteroatoms. The van der Waals surface area contributed by atoms with Gasteiger partial charge in [0.1, 0.15) is 6.61 Å². The maximum atomic E-state index is 6.06. The standard InChI is InChI=1S/C9H15N3O2/c1-13-6-7-11-8(14-12-7)5-9(10)3-2-4-9/h2-6,10H2,1H3. The average molecular weight is 197 g/mol. The summed E-state index contributed by atoms with van der Waals surface area (Å²) >= 11 is 0. The molecule has 1 aliphatic rings. The maximum absolute atomic E-state index is 6.06. The molecule has 1 saturated carbocycles. The lowest BCUT2D eigenvalue weighted by Gasteiger charge is -2.36. The van der Waals surface area contributed by atoms with Crippen molar-refractivity contribution in [1.29, 1.82) is 0 Å². The zero-order chi connectivity index (χ0) is 10.0. The first-order valence-corrected chi connectivity index (χ1v) is 4.81. The van der Waals surface area contributed by atoms with E-state index in [1.165, 1.54) is 6.42 Å². The first kappa shape index (κ1) is 9.61. The molecule has 1 heterocycles. The normalized spacial score (nSPS) is 19.3. The number of hydrogen-bond acceptors (Lipinski definition) is 5. The second-order valence-corrected chi connectivity index (χ2v) is 3.93. The molecule has 14 heavy (non-hydrogen) atoms. The average Bonchev–Trinajstić information content (AvgIpc) is 2.51. The molecule has 1 aromatic rings. The summed E-state index contributed by atoms with van der Waals surface area (Å²) < 4.78 is 9.96. The van der Waals surface area contributed by atoms with E-state index in [0.717, 1.165) is 12.8 Å². The zero-order valence-electron chi connectivity index (χ0n) is 8.32. The SMILES string of the molecule is COCc1noc(CC2(N)CCC2)n1. The van der Waals surface area contributed by atoms with Crippen molar-refractivity contribution in [3.05, 3.63) is 11.7 Å². The smallest absolute Gasteiger partial charge is 0.228 e. The molecular weight excluding hydrogens is 182 g/mol. The summed E-state index contributed by atoms with van der Waals surface area (Å²) in [4.78, 5) is 4.18. The minimum Gasteiger partial charge on any atom is -0.377 e. The highest BCUT2D eigenvalue weighted by Crippen LogP contribution is 2.31. The Morgan fingerprint density at radius 3 is 2.93 bits per heavy atom. The first-order valence-electron chi connectivity index (χ1n) is 4.81. The Kier molecular flexibility index (Phi) is 2.52. The topological polar surface area (TPSA) is 74.2 Å². The molecule has 0 aromatic carbocycles. The van der Waals surface area contributed by atoms with Crippen molar-refractivity contribution in [2.75, 3.05) is 7.11 Å². The number of nitrogens with zero attached hydrogens (tertiary/aromatic N) is 2. The molecule has 0 saturated heterocycles. The van der Waals surface area contributed by atoms with Crippen LogP contribution in [0.25, 0.3) is 0 Å². The van der Waals surface area contributed by atoms with Crippen molar-refractivity contribution in [2.45, 2.75) is 37.8 Å². The number of rotatable bonds is 4. The van der Waals surface area contributed by atoms with Crippen LogP contribution in [0.1, 0.15) is 31.0 Å². The molecule has 2 N–H and O–H groups in total. The molecule has 1 aliphatic carbocycles. The van der Waals surface area contributed by atoms with E-state index < -0.39 is 0 Å². The molecular formula is C9H15N3O2. The van der Waals surface area contributed by atoms with Gasteiger partial charge in [0.2, 0.25) is 5.89 Å². The molecule has 1 fully saturated rings. The highest BCUT2D eigenvalue weighted by molar-refractivity contribution is 5.00. The summed E-state index contributed by atoms with van der Waals surface area (Å²) in [5, 5.41) is 3.78. The number of hydrogen-bond donors (Lipinski definition) is 1. The van der Waals surface area contributed by atoms with Gasteiger partial charge in [0.15, 0.2) is 5.82 Å². The highest BCUT2D eigenvalue weighted by Gasteiger charge is 2.34. The Morgan fingerprint density at radius 1 is 1.57 bits per heavy atom. The largest absolute Gasteiger partial charge is 0.377 e. The van der Waals surface area contributed by atoms with E-state index in [0.29, 0.717) is 24.7 Å². The lowest BCUT2D eigenvalue weighted by Crippen LogP contribution is -2.48. The third kappa shape index (κ3) is 1.93. The fraction of sp³-hybridized carbons (Fsp3) is 0.778. The molecule has 5 nitrogen and oxygen atoms in total. The first-order chi connectivity index (χ1) is 6.72. The maximum Gasteiger partial charge on any atom is 0.228 e. The molecule has 0 radical (unpaired) electrons. The Bertz CT molecular complexity index is 307. The molecule has 0 amide bonds. The molecule has 0 spiro atoms. The van der Waals surface area contributed by atoms with E-state index in [1.807, 2.05) is 0 Å². The number of methoxy groups -OCH3 is 1. The van der Waals surface area contributed by atoms with E-state index in [4.69, 9.17) is 15.0 Å². The van der Waals surface area contributed by atoms with Crippen LogP contribution in [0.15, 0.2) is 4.52 Å². The Morgan fingerprint density at radius 2 is 2.36 bits per heavy atom. The molecule has 0 bridgehead atoms. The summed E-state index contributed by atoms with van der Waals surface area (Å²) in [6.45, 7) is 0.390. The lowest BCUT2D eigenvalue weighted by atomic mass is 9.75. The van der Waals surface area contributed by atoms with Crippen LogP contribution in [0.3, 0.4) is 0 Å². The monoisotopic (exact) mass is 197 g/mol. The van der Waals surface area contributed by atoms with Gasteiger partial charge in [0.05, 0.1) is 0 Å². The van der Waals surface area contributed by atoms with Gasteiger partial charge in [-0.2, -0.15) is 4.98 Å². The van der Waals surface area contributed by atoms with Crippen LogP contribution in [0.2, 0.25) is 0 Å². The minimum atomic E-state index is -0.100. The van der Waals surface area contributed by atoms with Crippen molar-refractivity contribution in [3.63, 3.8) is 0 Å². The summed E-state index contributed by atoms with van der Waals surface area (Å²) in [7, 11) is 1.60. The number of ether oxygens (including phenoxy) is 1. The summed E-state index contributed by atoms with van der Waals surface area (Å²) in [5.41, 5.74) is 5.96. The molecule has 0 atom stereocenters. The van der Waals surface area contributed by atoms with Crippen molar-refractivity contribution >= 4 is 0 Å². The molecule has 1 aromatic heterocycles. The van der Waals surface area contributed by atoms with Crippen LogP contribution >= 0.6 is 0 Å². The van der Waals surface area contributed by atoms with E-state index >= 15 is 0 Å². The van der Waals surface area contributed by atoms with Crippen LogP contribution in [0.5, 0.6) is 0 Å². The summed E-state index contributed by atoms with van der Waals surface area (Å²) in [6.07, 6.45) is 3.99. The van der Waals surface area contributed by atoms with Crippen molar-refractivity contribution in [2.24, 2.45) is 5.73 Å². The quantitative estimate of drug-likeness (QED) is 0.766. The van der Waals surface area contributed by atoms with Crippen molar-refractivity contribution in [3.8, 4) is 0 Å². The van der Waals surface area contributed by atoms with Crippen LogP contribution in [0.4, 0.5) is 0 Å². The predicted octanol–water partition coefficient (Wildman–Crippen LogP) is 0.640. The van der Waals surface area contributed by atoms with Gasteiger partial charge < -0.3 is 15.0 Å². The predicted molar refractivity (Wildman–Crippen MR) is 49.5 cm³/mol. The molecule has 0 unspecified atom stereocenters. The van der Waals surface area contributed by atoms with Crippen molar-refractivity contribution < 1.29 is 9.26 Å². The molecule has 78 valence electrons. The Hall–Kier alpha value is -0.940. The van der Waals surface area contributed by atoms with Crippen LogP contribution in [-0.2, 0) is 17.8 Å². The highest BCUT2D eigenvalue weighted by atomic mass is 16.5. The van der Waals surface area contributed by atoms with Crippen LogP contribution < -0.4 is 5.73 Å². The summed E-state index contributed by atoms with van der Waals surface area (Å²) in [5.74, 6) is 1.21. The molecule has 2 rings (SSSR count). The number of nitrogens with two attached hydrogens (primary N) is 1. The Labute approximate surface area is 82.6 Å².